The van der Waals surface area contributed by atoms with Crippen molar-refractivity contribution in [1.82, 2.24) is 5.32 Å². The molecular weight excluding hydrogens is 237 g/mol. The fourth-order valence-corrected chi connectivity index (χ4v) is 0.911. The molecular formula is C8H12F5NO2. The molecule has 0 bridgehead atoms. The second-order valence-corrected chi connectivity index (χ2v) is 3.84. The molecule has 0 aliphatic heterocycles. The molecule has 0 atom stereocenters. The Balaban J connectivity index is 4.71. The van der Waals surface area contributed by atoms with E-state index >= 15 is 0 Å². The maximum atomic E-state index is 12.5. The summed E-state index contributed by atoms with van der Waals surface area (Å²) in [5.41, 5.74) is -1.31. The van der Waals surface area contributed by atoms with E-state index in [2.05, 4.69) is 4.74 Å². The van der Waals surface area contributed by atoms with Gasteiger partial charge in [0.25, 0.3) is 0 Å². The Morgan fingerprint density at radius 3 is 1.94 bits per heavy atom. The quantitative estimate of drug-likeness (QED) is 0.770. The number of ether oxygens (including phenoxy) is 1. The minimum absolute atomic E-state index is 0.188. The highest BCUT2D eigenvalue weighted by Gasteiger charge is 2.63. The Hall–Kier alpha value is -0.920. The van der Waals surface area contributed by atoms with Crippen molar-refractivity contribution in [3.8, 4) is 0 Å². The molecule has 16 heavy (non-hydrogen) atoms. The zero-order valence-electron chi connectivity index (χ0n) is 8.91. The Morgan fingerprint density at radius 1 is 1.19 bits per heavy atom. The van der Waals surface area contributed by atoms with Gasteiger partial charge in [-0.25, -0.2) is 0 Å². The molecule has 0 fully saturated rings. The smallest absolute Gasteiger partial charge is 0.382 e. The molecule has 0 spiro atoms. The summed E-state index contributed by atoms with van der Waals surface area (Å²) in [6.45, 7) is 2.34. The minimum Gasteiger partial charge on any atom is -0.382 e. The largest absolute Gasteiger partial charge is 0.463 e. The van der Waals surface area contributed by atoms with Crippen LogP contribution in [0, 0.1) is 0 Å². The van der Waals surface area contributed by atoms with E-state index in [1.165, 1.54) is 21.0 Å². The second-order valence-electron chi connectivity index (χ2n) is 3.84. The van der Waals surface area contributed by atoms with Crippen molar-refractivity contribution in [3.63, 3.8) is 0 Å². The summed E-state index contributed by atoms with van der Waals surface area (Å²) in [5.74, 6) is -7.79. The molecule has 0 rings (SSSR count). The summed E-state index contributed by atoms with van der Waals surface area (Å²) >= 11 is 0. The number of methoxy groups -OCH3 is 1. The first kappa shape index (κ1) is 15.1. The standard InChI is InChI=1S/C8H12F5NO2/c1-6(2,4-16-3)14-5(15)7(9,10)8(11,12)13/h4H2,1-3H3,(H,14,15). The molecule has 0 aromatic rings. The van der Waals surface area contributed by atoms with E-state index in [1.54, 1.807) is 5.32 Å². The normalized spacial score (nSPS) is 13.8. The molecule has 0 aliphatic rings. The topological polar surface area (TPSA) is 38.3 Å². The lowest BCUT2D eigenvalue weighted by Gasteiger charge is -2.28. The SMILES string of the molecule is COCC(C)(C)NC(=O)C(F)(F)C(F)(F)F. The number of hydrogen-bond donors (Lipinski definition) is 1. The van der Waals surface area contributed by atoms with Crippen molar-refractivity contribution in [1.29, 1.82) is 0 Å². The molecule has 1 N–H and O–H groups in total. The molecule has 0 heterocycles. The Bertz CT molecular complexity index is 262. The lowest BCUT2D eigenvalue weighted by molar-refractivity contribution is -0.270. The van der Waals surface area contributed by atoms with Crippen LogP contribution in [0.4, 0.5) is 22.0 Å². The van der Waals surface area contributed by atoms with Crippen molar-refractivity contribution in [3.05, 3.63) is 0 Å². The number of hydrogen-bond acceptors (Lipinski definition) is 2. The molecule has 96 valence electrons. The first-order valence-corrected chi connectivity index (χ1v) is 4.20. The third-order valence-electron chi connectivity index (χ3n) is 1.60. The molecule has 0 unspecified atom stereocenters. The maximum Gasteiger partial charge on any atom is 0.463 e. The van der Waals surface area contributed by atoms with Crippen molar-refractivity contribution < 1.29 is 31.5 Å². The van der Waals surface area contributed by atoms with E-state index in [0.717, 1.165) is 0 Å². The number of amides is 1. The highest BCUT2D eigenvalue weighted by molar-refractivity contribution is 5.84. The van der Waals surface area contributed by atoms with Gasteiger partial charge in [0.1, 0.15) is 0 Å². The molecule has 0 aromatic heterocycles. The number of nitrogens with one attached hydrogen (secondary N) is 1. The van der Waals surface area contributed by atoms with Crippen molar-refractivity contribution in [2.24, 2.45) is 0 Å². The fraction of sp³-hybridized carbons (Fsp3) is 0.875. The van der Waals surface area contributed by atoms with Gasteiger partial charge in [0.05, 0.1) is 12.1 Å². The summed E-state index contributed by atoms with van der Waals surface area (Å²) in [4.78, 5) is 10.8. The highest BCUT2D eigenvalue weighted by atomic mass is 19.4. The van der Waals surface area contributed by atoms with Crippen LogP contribution in [0.25, 0.3) is 0 Å². The zero-order chi connectivity index (χ0) is 13.2. The number of carbonyl (C=O) groups is 1. The van der Waals surface area contributed by atoms with Crippen LogP contribution in [0.2, 0.25) is 0 Å². The number of alkyl halides is 5. The van der Waals surface area contributed by atoms with Crippen LogP contribution in [-0.4, -0.2) is 37.3 Å². The van der Waals surface area contributed by atoms with Gasteiger partial charge in [-0.3, -0.25) is 4.79 Å². The van der Waals surface area contributed by atoms with Gasteiger partial charge in [0.2, 0.25) is 0 Å². The summed E-state index contributed by atoms with van der Waals surface area (Å²) < 4.78 is 65.0. The molecule has 1 amide bonds. The first-order chi connectivity index (χ1) is 6.94. The minimum atomic E-state index is -5.90. The maximum absolute atomic E-state index is 12.5. The monoisotopic (exact) mass is 249 g/mol. The zero-order valence-corrected chi connectivity index (χ0v) is 8.91. The van der Waals surface area contributed by atoms with Crippen LogP contribution < -0.4 is 5.32 Å². The van der Waals surface area contributed by atoms with E-state index in [1.807, 2.05) is 0 Å². The first-order valence-electron chi connectivity index (χ1n) is 4.20. The van der Waals surface area contributed by atoms with Gasteiger partial charge < -0.3 is 10.1 Å². The van der Waals surface area contributed by atoms with Crippen LogP contribution in [0.3, 0.4) is 0 Å². The predicted molar refractivity (Wildman–Crippen MR) is 45.1 cm³/mol. The van der Waals surface area contributed by atoms with Crippen molar-refractivity contribution in [2.45, 2.75) is 31.5 Å². The lowest BCUT2D eigenvalue weighted by Crippen LogP contribution is -2.57. The number of carbonyl (C=O) groups excluding carboxylic acids is 1. The number of rotatable bonds is 4. The van der Waals surface area contributed by atoms with E-state index in [0.29, 0.717) is 0 Å². The van der Waals surface area contributed by atoms with Gasteiger partial charge >= 0.3 is 18.0 Å². The predicted octanol–water partition coefficient (Wildman–Crippen LogP) is 1.73. The molecule has 0 aromatic carbocycles. The summed E-state index contributed by atoms with van der Waals surface area (Å²) in [6, 6.07) is 0. The Morgan fingerprint density at radius 2 is 1.62 bits per heavy atom. The second kappa shape index (κ2) is 4.52. The van der Waals surface area contributed by atoms with E-state index in [-0.39, 0.29) is 6.61 Å². The van der Waals surface area contributed by atoms with Gasteiger partial charge in [-0.2, -0.15) is 22.0 Å². The molecule has 0 aliphatic carbocycles. The highest BCUT2D eigenvalue weighted by Crippen LogP contribution is 2.35. The van der Waals surface area contributed by atoms with E-state index in [9.17, 15) is 26.7 Å². The molecule has 3 nitrogen and oxygen atoms in total. The average Bonchev–Trinajstić information content (AvgIpc) is 2.00. The van der Waals surface area contributed by atoms with Crippen LogP contribution in [0.15, 0.2) is 0 Å². The summed E-state index contributed by atoms with van der Waals surface area (Å²) in [5, 5.41) is 1.57. The van der Waals surface area contributed by atoms with Gasteiger partial charge in [-0.05, 0) is 13.8 Å². The number of halogens is 5. The molecule has 0 saturated carbocycles. The summed E-state index contributed by atoms with van der Waals surface area (Å²) in [7, 11) is 1.23. The average molecular weight is 249 g/mol. The van der Waals surface area contributed by atoms with E-state index < -0.39 is 23.5 Å². The molecule has 0 saturated heterocycles. The van der Waals surface area contributed by atoms with Gasteiger partial charge in [0.15, 0.2) is 0 Å². The van der Waals surface area contributed by atoms with Crippen LogP contribution in [0.5, 0.6) is 0 Å². The third kappa shape index (κ3) is 3.58. The Labute approximate surface area is 88.9 Å². The van der Waals surface area contributed by atoms with E-state index in [4.69, 9.17) is 0 Å². The Kier molecular flexibility index (Phi) is 4.26. The van der Waals surface area contributed by atoms with Crippen LogP contribution >= 0.6 is 0 Å². The molecule has 0 radical (unpaired) electrons. The van der Waals surface area contributed by atoms with Crippen LogP contribution in [-0.2, 0) is 9.53 Å². The van der Waals surface area contributed by atoms with Crippen molar-refractivity contribution in [2.75, 3.05) is 13.7 Å². The lowest BCUT2D eigenvalue weighted by atomic mass is 10.1. The van der Waals surface area contributed by atoms with Crippen LogP contribution in [0.1, 0.15) is 13.8 Å². The van der Waals surface area contributed by atoms with Gasteiger partial charge in [-0.1, -0.05) is 0 Å². The summed E-state index contributed by atoms with van der Waals surface area (Å²) in [6.07, 6.45) is -5.90. The van der Waals surface area contributed by atoms with Gasteiger partial charge in [0, 0.05) is 7.11 Å². The van der Waals surface area contributed by atoms with Gasteiger partial charge in [-0.15, -0.1) is 0 Å². The third-order valence-corrected chi connectivity index (χ3v) is 1.60. The fourth-order valence-electron chi connectivity index (χ4n) is 0.911. The van der Waals surface area contributed by atoms with Crippen molar-refractivity contribution >= 4 is 5.91 Å². The molecule has 8 heteroatoms.